The van der Waals surface area contributed by atoms with Crippen LogP contribution in [0, 0.1) is 6.92 Å². The predicted molar refractivity (Wildman–Crippen MR) is 136 cm³/mol. The van der Waals surface area contributed by atoms with E-state index in [0.717, 1.165) is 0 Å². The van der Waals surface area contributed by atoms with E-state index < -0.39 is 36.1 Å². The van der Waals surface area contributed by atoms with Gasteiger partial charge in [-0.25, -0.2) is 14.2 Å². The van der Waals surface area contributed by atoms with Gasteiger partial charge in [0, 0.05) is 36.5 Å². The third-order valence-electron chi connectivity index (χ3n) is 5.54. The first kappa shape index (κ1) is 30.0. The molecule has 1 atom stereocenters. The van der Waals surface area contributed by atoms with Gasteiger partial charge in [0.15, 0.2) is 12.4 Å². The average Bonchev–Trinajstić information content (AvgIpc) is 3.28. The number of para-hydroxylation sites is 2. The molecule has 0 saturated heterocycles. The summed E-state index contributed by atoms with van der Waals surface area (Å²) in [5.41, 5.74) is 1.48. The van der Waals surface area contributed by atoms with E-state index in [4.69, 9.17) is 14.2 Å². The zero-order valence-electron chi connectivity index (χ0n) is 21.7. The number of carbonyl (C=O) groups excluding carboxylic acids is 2. The molecule has 0 aliphatic rings. The molecule has 0 bridgehead atoms. The zero-order chi connectivity index (χ0) is 28.6. The Kier molecular flexibility index (Phi) is 10.4. The van der Waals surface area contributed by atoms with Gasteiger partial charge in [-0.15, -0.1) is 0 Å². The van der Waals surface area contributed by atoms with Crippen molar-refractivity contribution in [2.24, 2.45) is 0 Å². The predicted octanol–water partition coefficient (Wildman–Crippen LogP) is 4.84. The van der Waals surface area contributed by atoms with Gasteiger partial charge >= 0.3 is 23.5 Å². The lowest BCUT2D eigenvalue weighted by Gasteiger charge is -2.19. The summed E-state index contributed by atoms with van der Waals surface area (Å²) < 4.78 is 67.0. The molecule has 3 aromatic rings. The molecule has 0 saturated carbocycles. The largest absolute Gasteiger partial charge is 0.609 e. The molecule has 1 aromatic carbocycles. The second-order valence-electron chi connectivity index (χ2n) is 8.44. The minimum absolute atomic E-state index is 0.0125. The summed E-state index contributed by atoms with van der Waals surface area (Å²) in [5.74, 6) is -0.216. The number of ether oxygens (including phenoxy) is 3. The number of carbonyl (C=O) groups is 2. The Morgan fingerprint density at radius 3 is 2.62 bits per heavy atom. The van der Waals surface area contributed by atoms with Gasteiger partial charge in [-0.05, 0) is 44.9 Å². The van der Waals surface area contributed by atoms with Crippen LogP contribution in [-0.2, 0) is 26.4 Å². The molecule has 14 heteroatoms. The third-order valence-corrected chi connectivity index (χ3v) is 6.76. The summed E-state index contributed by atoms with van der Waals surface area (Å²) >= 11 is -1.88. The molecule has 0 N–H and O–H groups in total. The SMILES string of the molecule is CCOC(=O)OCCCCN(C)C(=O)n1c([S+]([O-])Cc2nccc(OCC(F)(F)F)c2C)nc2ccccc21. The van der Waals surface area contributed by atoms with Crippen LogP contribution in [0.4, 0.5) is 22.8 Å². The molecule has 0 spiro atoms. The second-order valence-corrected chi connectivity index (χ2v) is 9.78. The van der Waals surface area contributed by atoms with Gasteiger partial charge in [0.1, 0.15) is 5.75 Å². The number of amides is 1. The van der Waals surface area contributed by atoms with Gasteiger partial charge in [0.05, 0.1) is 29.9 Å². The fourth-order valence-electron chi connectivity index (χ4n) is 3.58. The number of pyridine rings is 1. The van der Waals surface area contributed by atoms with Crippen LogP contribution in [-0.4, -0.2) is 75.8 Å². The van der Waals surface area contributed by atoms with E-state index in [9.17, 15) is 27.3 Å². The highest BCUT2D eigenvalue weighted by atomic mass is 32.2. The number of unbranched alkanes of at least 4 members (excludes halogenated alkanes) is 1. The Hall–Kier alpha value is -3.52. The monoisotopic (exact) mass is 570 g/mol. The van der Waals surface area contributed by atoms with Crippen LogP contribution in [0.15, 0.2) is 41.7 Å². The maximum Gasteiger partial charge on any atom is 0.508 e. The van der Waals surface area contributed by atoms with E-state index >= 15 is 0 Å². The molecule has 0 aliphatic heterocycles. The average molecular weight is 571 g/mol. The van der Waals surface area contributed by atoms with Gasteiger partial charge in [-0.3, -0.25) is 4.98 Å². The number of imidazole rings is 1. The van der Waals surface area contributed by atoms with Gasteiger partial charge in [0.25, 0.3) is 0 Å². The highest BCUT2D eigenvalue weighted by Crippen LogP contribution is 2.27. The molecule has 0 fully saturated rings. The first-order valence-electron chi connectivity index (χ1n) is 12.1. The van der Waals surface area contributed by atoms with Crippen LogP contribution in [0.2, 0.25) is 0 Å². The molecule has 0 aliphatic carbocycles. The summed E-state index contributed by atoms with van der Waals surface area (Å²) in [6.45, 7) is 2.41. The fourth-order valence-corrected chi connectivity index (χ4v) is 4.83. The number of halogens is 3. The third kappa shape index (κ3) is 8.23. The molecule has 0 radical (unpaired) electrons. The zero-order valence-corrected chi connectivity index (χ0v) is 22.5. The van der Waals surface area contributed by atoms with Crippen molar-refractivity contribution >= 4 is 34.4 Å². The number of nitrogens with zero attached hydrogens (tertiary/aromatic N) is 4. The highest BCUT2D eigenvalue weighted by Gasteiger charge is 2.31. The van der Waals surface area contributed by atoms with Crippen LogP contribution >= 0.6 is 0 Å². The molecule has 212 valence electrons. The Morgan fingerprint density at radius 1 is 1.15 bits per heavy atom. The van der Waals surface area contributed by atoms with Crippen LogP contribution in [0.25, 0.3) is 11.0 Å². The summed E-state index contributed by atoms with van der Waals surface area (Å²) in [6.07, 6.45) is -2.96. The number of alkyl halides is 3. The maximum atomic E-state index is 13.5. The fraction of sp³-hybridized carbons (Fsp3) is 0.440. The molecule has 3 rings (SSSR count). The van der Waals surface area contributed by atoms with Crippen LogP contribution in [0.1, 0.15) is 31.0 Å². The molecule has 10 nitrogen and oxygen atoms in total. The summed E-state index contributed by atoms with van der Waals surface area (Å²) in [5, 5.41) is -0.0125. The molecule has 39 heavy (non-hydrogen) atoms. The van der Waals surface area contributed by atoms with E-state index in [1.807, 2.05) is 0 Å². The summed E-state index contributed by atoms with van der Waals surface area (Å²) in [6, 6.07) is 7.65. The van der Waals surface area contributed by atoms with Crippen molar-refractivity contribution < 1.29 is 41.5 Å². The van der Waals surface area contributed by atoms with Crippen LogP contribution in [0.3, 0.4) is 0 Å². The number of rotatable bonds is 11. The summed E-state index contributed by atoms with van der Waals surface area (Å²) in [7, 11) is 1.59. The van der Waals surface area contributed by atoms with Crippen molar-refractivity contribution in [3.05, 3.63) is 47.8 Å². The smallest absolute Gasteiger partial charge is 0.508 e. The number of benzene rings is 1. The number of hydrogen-bond acceptors (Lipinski definition) is 8. The Bertz CT molecular complexity index is 1290. The van der Waals surface area contributed by atoms with Crippen molar-refractivity contribution in [1.82, 2.24) is 19.4 Å². The maximum absolute atomic E-state index is 13.5. The molecule has 1 amide bonds. The Balaban J connectivity index is 1.75. The van der Waals surface area contributed by atoms with E-state index in [-0.39, 0.29) is 35.6 Å². The number of fused-ring (bicyclic) bond motifs is 1. The van der Waals surface area contributed by atoms with Crippen molar-refractivity contribution in [2.75, 3.05) is 33.4 Å². The quantitative estimate of drug-likeness (QED) is 0.183. The van der Waals surface area contributed by atoms with Gasteiger partial charge in [-0.1, -0.05) is 12.1 Å². The Labute approximate surface area is 226 Å². The van der Waals surface area contributed by atoms with Crippen molar-refractivity contribution in [3.8, 4) is 5.75 Å². The van der Waals surface area contributed by atoms with Crippen molar-refractivity contribution in [1.29, 1.82) is 0 Å². The minimum atomic E-state index is -4.51. The first-order valence-corrected chi connectivity index (χ1v) is 13.4. The van der Waals surface area contributed by atoms with Gasteiger partial charge in [0.2, 0.25) is 0 Å². The van der Waals surface area contributed by atoms with Gasteiger partial charge in [-0.2, -0.15) is 18.2 Å². The molecular formula is C25H29F3N4O6S. The standard InChI is InChI=1S/C25H29F3N4O6S/c1-4-36-24(34)37-14-8-7-13-31(3)23(33)32-20-10-6-5-9-18(20)30-22(32)39(35)15-19-17(2)21(11-12-29-19)38-16-25(26,27)28/h5-6,9-12H,4,7-8,13-16H2,1-3H3. The normalized spacial score (nSPS) is 12.3. The Morgan fingerprint density at radius 2 is 1.90 bits per heavy atom. The number of hydrogen-bond donors (Lipinski definition) is 0. The van der Waals surface area contributed by atoms with E-state index in [1.54, 1.807) is 38.2 Å². The highest BCUT2D eigenvalue weighted by molar-refractivity contribution is 7.90. The van der Waals surface area contributed by atoms with Crippen molar-refractivity contribution in [2.45, 2.75) is 43.8 Å². The lowest BCUT2D eigenvalue weighted by Crippen LogP contribution is -2.34. The molecule has 2 heterocycles. The van der Waals surface area contributed by atoms with E-state index in [1.165, 1.54) is 28.7 Å². The second kappa shape index (κ2) is 13.5. The lowest BCUT2D eigenvalue weighted by molar-refractivity contribution is -0.153. The van der Waals surface area contributed by atoms with Crippen LogP contribution < -0.4 is 4.74 Å². The van der Waals surface area contributed by atoms with E-state index in [0.29, 0.717) is 36.0 Å². The number of aromatic nitrogens is 3. The summed E-state index contributed by atoms with van der Waals surface area (Å²) in [4.78, 5) is 34.7. The lowest BCUT2D eigenvalue weighted by atomic mass is 10.2. The van der Waals surface area contributed by atoms with Gasteiger partial charge < -0.3 is 23.7 Å². The topological polar surface area (TPSA) is 119 Å². The first-order chi connectivity index (χ1) is 18.5. The molecular weight excluding hydrogens is 541 g/mol. The molecule has 1 unspecified atom stereocenters. The van der Waals surface area contributed by atoms with Crippen molar-refractivity contribution in [3.63, 3.8) is 0 Å². The molecule has 2 aromatic heterocycles. The minimum Gasteiger partial charge on any atom is -0.609 e. The van der Waals surface area contributed by atoms with Crippen LogP contribution in [0.5, 0.6) is 5.75 Å². The van der Waals surface area contributed by atoms with E-state index in [2.05, 4.69) is 9.97 Å².